The van der Waals surface area contributed by atoms with E-state index in [1.165, 1.54) is 0 Å². The molecule has 2 N–H and O–H groups in total. The second-order valence-electron chi connectivity index (χ2n) is 6.74. The fourth-order valence-corrected chi connectivity index (χ4v) is 3.31. The Morgan fingerprint density at radius 1 is 1.10 bits per heavy atom. The highest BCUT2D eigenvalue weighted by atomic mass is 16.5. The highest BCUT2D eigenvalue weighted by Crippen LogP contribution is 2.35. The van der Waals surface area contributed by atoms with E-state index in [0.717, 1.165) is 45.5 Å². The lowest BCUT2D eigenvalue weighted by molar-refractivity contribution is 0.0953. The number of aromatic nitrogens is 3. The Kier molecular flexibility index (Phi) is 5.24. The van der Waals surface area contributed by atoms with Crippen molar-refractivity contribution in [1.29, 1.82) is 0 Å². The number of carbonyl (C=O) groups excluding carboxylic acids is 1. The van der Waals surface area contributed by atoms with E-state index < -0.39 is 0 Å². The molecule has 0 spiro atoms. The van der Waals surface area contributed by atoms with Crippen LogP contribution in [0.2, 0.25) is 0 Å². The maximum absolute atomic E-state index is 12.3. The van der Waals surface area contributed by atoms with E-state index >= 15 is 0 Å². The van der Waals surface area contributed by atoms with Gasteiger partial charge in [0, 0.05) is 59.0 Å². The van der Waals surface area contributed by atoms with Crippen LogP contribution < -0.4 is 10.1 Å². The Morgan fingerprint density at radius 3 is 2.76 bits per heavy atom. The molecule has 0 saturated carbocycles. The van der Waals surface area contributed by atoms with Crippen molar-refractivity contribution in [1.82, 2.24) is 20.3 Å². The number of nitrogens with one attached hydrogen (secondary N) is 2. The van der Waals surface area contributed by atoms with Gasteiger partial charge in [0.15, 0.2) is 0 Å². The topological polar surface area (TPSA) is 79.9 Å². The third-order valence-electron chi connectivity index (χ3n) is 4.80. The lowest BCUT2D eigenvalue weighted by Crippen LogP contribution is -2.24. The minimum absolute atomic E-state index is 0.119. The van der Waals surface area contributed by atoms with Crippen LogP contribution in [-0.4, -0.2) is 34.5 Å². The fraction of sp³-hybridized carbons (Fsp3) is 0.174. The maximum Gasteiger partial charge on any atom is 0.252 e. The van der Waals surface area contributed by atoms with E-state index in [4.69, 9.17) is 4.74 Å². The van der Waals surface area contributed by atoms with Gasteiger partial charge in [-0.25, -0.2) is 4.98 Å². The number of para-hydroxylation sites is 1. The molecule has 6 nitrogen and oxygen atoms in total. The van der Waals surface area contributed by atoms with Gasteiger partial charge in [0.05, 0.1) is 12.7 Å². The number of aromatic amines is 1. The molecule has 0 aliphatic heterocycles. The van der Waals surface area contributed by atoms with Crippen LogP contribution in [0.25, 0.3) is 33.3 Å². The van der Waals surface area contributed by atoms with Crippen molar-refractivity contribution in [3.8, 4) is 28.0 Å². The standard InChI is InChI=1S/C23H22N4O2/c1-3-8-25-23(28)17-9-15(11-24-12-17)16-10-19-20(14-27-22(19)26-13-16)18-6-4-5-7-21(18)29-2/h4-7,9-14H,3,8H2,1-2H3,(H,25,28)(H,26,27). The summed E-state index contributed by atoms with van der Waals surface area (Å²) in [5.41, 5.74) is 5.07. The first kappa shape index (κ1) is 18.7. The van der Waals surface area contributed by atoms with Crippen LogP contribution in [0, 0.1) is 0 Å². The van der Waals surface area contributed by atoms with E-state index in [1.54, 1.807) is 25.7 Å². The molecule has 3 heterocycles. The smallest absolute Gasteiger partial charge is 0.252 e. The van der Waals surface area contributed by atoms with Gasteiger partial charge in [0.2, 0.25) is 0 Å². The third-order valence-corrected chi connectivity index (χ3v) is 4.80. The lowest BCUT2D eigenvalue weighted by Gasteiger charge is -2.08. The Balaban J connectivity index is 1.76. The van der Waals surface area contributed by atoms with Crippen molar-refractivity contribution < 1.29 is 9.53 Å². The van der Waals surface area contributed by atoms with Gasteiger partial charge in [-0.05, 0) is 24.6 Å². The van der Waals surface area contributed by atoms with Gasteiger partial charge in [-0.2, -0.15) is 0 Å². The molecular formula is C23H22N4O2. The number of hydrogen-bond donors (Lipinski definition) is 2. The minimum atomic E-state index is -0.119. The number of benzene rings is 1. The zero-order valence-electron chi connectivity index (χ0n) is 16.4. The molecule has 0 aliphatic rings. The van der Waals surface area contributed by atoms with Crippen LogP contribution in [0.15, 0.2) is 61.2 Å². The number of rotatable bonds is 6. The predicted octanol–water partition coefficient (Wildman–Crippen LogP) is 4.44. The third kappa shape index (κ3) is 3.69. The monoisotopic (exact) mass is 386 g/mol. The summed E-state index contributed by atoms with van der Waals surface area (Å²) in [6, 6.07) is 11.8. The van der Waals surface area contributed by atoms with Crippen molar-refractivity contribution in [2.45, 2.75) is 13.3 Å². The first-order valence-corrected chi connectivity index (χ1v) is 9.55. The lowest BCUT2D eigenvalue weighted by atomic mass is 10.0. The van der Waals surface area contributed by atoms with Crippen LogP contribution in [0.5, 0.6) is 5.75 Å². The fourth-order valence-electron chi connectivity index (χ4n) is 3.31. The van der Waals surface area contributed by atoms with Crippen LogP contribution >= 0.6 is 0 Å². The zero-order chi connectivity index (χ0) is 20.2. The van der Waals surface area contributed by atoms with Crippen molar-refractivity contribution in [3.63, 3.8) is 0 Å². The maximum atomic E-state index is 12.3. The summed E-state index contributed by atoms with van der Waals surface area (Å²) in [5.74, 6) is 0.682. The summed E-state index contributed by atoms with van der Waals surface area (Å²) in [6.45, 7) is 2.66. The largest absolute Gasteiger partial charge is 0.496 e. The number of pyridine rings is 2. The van der Waals surface area contributed by atoms with Crippen molar-refractivity contribution in [2.75, 3.05) is 13.7 Å². The van der Waals surface area contributed by atoms with Crippen molar-refractivity contribution >= 4 is 16.9 Å². The molecule has 146 valence electrons. The van der Waals surface area contributed by atoms with Gasteiger partial charge in [-0.1, -0.05) is 25.1 Å². The molecule has 0 radical (unpaired) electrons. The summed E-state index contributed by atoms with van der Waals surface area (Å²) in [7, 11) is 1.66. The normalized spacial score (nSPS) is 10.8. The van der Waals surface area contributed by atoms with Crippen molar-refractivity contribution in [2.24, 2.45) is 0 Å². The summed E-state index contributed by atoms with van der Waals surface area (Å²) >= 11 is 0. The number of nitrogens with zero attached hydrogens (tertiary/aromatic N) is 2. The molecule has 0 unspecified atom stereocenters. The first-order chi connectivity index (χ1) is 14.2. The number of ether oxygens (including phenoxy) is 1. The summed E-state index contributed by atoms with van der Waals surface area (Å²) in [5, 5.41) is 3.86. The van der Waals surface area contributed by atoms with Gasteiger partial charge in [0.25, 0.3) is 5.91 Å². The van der Waals surface area contributed by atoms with E-state index in [9.17, 15) is 4.79 Å². The Bertz CT molecular complexity index is 1170. The van der Waals surface area contributed by atoms with Gasteiger partial charge < -0.3 is 15.0 Å². The van der Waals surface area contributed by atoms with E-state index in [2.05, 4.69) is 26.3 Å². The molecule has 0 saturated heterocycles. The van der Waals surface area contributed by atoms with Crippen molar-refractivity contribution in [3.05, 3.63) is 66.7 Å². The molecule has 29 heavy (non-hydrogen) atoms. The molecule has 0 fully saturated rings. The average Bonchev–Trinajstić information content (AvgIpc) is 3.20. The molecule has 0 aliphatic carbocycles. The van der Waals surface area contributed by atoms with Gasteiger partial charge >= 0.3 is 0 Å². The summed E-state index contributed by atoms with van der Waals surface area (Å²) in [6.07, 6.45) is 7.94. The summed E-state index contributed by atoms with van der Waals surface area (Å²) in [4.78, 5) is 24.3. The number of carbonyl (C=O) groups is 1. The van der Waals surface area contributed by atoms with Crippen LogP contribution in [-0.2, 0) is 0 Å². The highest BCUT2D eigenvalue weighted by Gasteiger charge is 2.13. The number of methoxy groups -OCH3 is 1. The number of hydrogen-bond acceptors (Lipinski definition) is 4. The van der Waals surface area contributed by atoms with E-state index in [0.29, 0.717) is 12.1 Å². The van der Waals surface area contributed by atoms with E-state index in [-0.39, 0.29) is 5.91 Å². The first-order valence-electron chi connectivity index (χ1n) is 9.55. The Hall–Kier alpha value is -3.67. The van der Waals surface area contributed by atoms with Crippen LogP contribution in [0.3, 0.4) is 0 Å². The van der Waals surface area contributed by atoms with Gasteiger partial charge in [0.1, 0.15) is 11.4 Å². The molecule has 0 bridgehead atoms. The predicted molar refractivity (Wildman–Crippen MR) is 114 cm³/mol. The molecule has 3 aromatic heterocycles. The van der Waals surface area contributed by atoms with Crippen LogP contribution in [0.4, 0.5) is 0 Å². The van der Waals surface area contributed by atoms with Gasteiger partial charge in [-0.15, -0.1) is 0 Å². The Morgan fingerprint density at radius 2 is 1.93 bits per heavy atom. The molecule has 4 rings (SSSR count). The van der Waals surface area contributed by atoms with Crippen LogP contribution in [0.1, 0.15) is 23.7 Å². The molecule has 1 aromatic carbocycles. The molecule has 6 heteroatoms. The second kappa shape index (κ2) is 8.14. The molecule has 0 atom stereocenters. The molecule has 1 amide bonds. The number of fused-ring (bicyclic) bond motifs is 1. The highest BCUT2D eigenvalue weighted by molar-refractivity contribution is 5.98. The SMILES string of the molecule is CCCNC(=O)c1cncc(-c2cnc3[nH]cc(-c4ccccc4OC)c3c2)c1. The molecule has 4 aromatic rings. The second-order valence-corrected chi connectivity index (χ2v) is 6.74. The number of amides is 1. The Labute approximate surface area is 169 Å². The van der Waals surface area contributed by atoms with E-state index in [1.807, 2.05) is 43.5 Å². The molecular weight excluding hydrogens is 364 g/mol. The zero-order valence-corrected chi connectivity index (χ0v) is 16.4. The van der Waals surface area contributed by atoms with Gasteiger partial charge in [-0.3, -0.25) is 9.78 Å². The average molecular weight is 386 g/mol. The summed E-state index contributed by atoms with van der Waals surface area (Å²) < 4.78 is 5.52. The number of H-pyrrole nitrogens is 1. The quantitative estimate of drug-likeness (QED) is 0.513. The minimum Gasteiger partial charge on any atom is -0.496 e.